The van der Waals surface area contributed by atoms with Crippen molar-refractivity contribution >= 4 is 21.6 Å². The summed E-state index contributed by atoms with van der Waals surface area (Å²) < 4.78 is 31.1. The molecule has 1 fully saturated rings. The topological polar surface area (TPSA) is 94.2 Å². The Balaban J connectivity index is 2.33. The Morgan fingerprint density at radius 2 is 2.15 bits per heavy atom. The van der Waals surface area contributed by atoms with Crippen molar-refractivity contribution < 1.29 is 13.2 Å². The van der Waals surface area contributed by atoms with Gasteiger partial charge in [-0.25, -0.2) is 8.42 Å². The minimum atomic E-state index is -3.74. The summed E-state index contributed by atoms with van der Waals surface area (Å²) in [7, 11) is -3.74. The molecule has 1 aliphatic heterocycles. The van der Waals surface area contributed by atoms with Crippen LogP contribution in [-0.2, 0) is 14.8 Å². The molecule has 0 bridgehead atoms. The highest BCUT2D eigenvalue weighted by Gasteiger charge is 2.31. The largest absolute Gasteiger partial charge is 0.361 e. The summed E-state index contributed by atoms with van der Waals surface area (Å²) in [6.07, 6.45) is -0.771. The highest BCUT2D eigenvalue weighted by Crippen LogP contribution is 2.24. The summed E-state index contributed by atoms with van der Waals surface area (Å²) in [5.74, 6) is 0. The van der Waals surface area contributed by atoms with Crippen LogP contribution >= 0.6 is 11.6 Å². The first-order valence-corrected chi connectivity index (χ1v) is 7.52. The van der Waals surface area contributed by atoms with Crippen molar-refractivity contribution in [3.8, 4) is 12.1 Å². The lowest BCUT2D eigenvalue weighted by molar-refractivity contribution is 0.0311. The maximum absolute atomic E-state index is 12.4. The van der Waals surface area contributed by atoms with Gasteiger partial charge < -0.3 is 4.74 Å². The number of halogens is 1. The number of hydrogen-bond donors (Lipinski definition) is 0. The molecule has 20 heavy (non-hydrogen) atoms. The van der Waals surface area contributed by atoms with Crippen LogP contribution in [0.3, 0.4) is 0 Å². The predicted octanol–water partition coefficient (Wildman–Crippen LogP) is 1.12. The summed E-state index contributed by atoms with van der Waals surface area (Å²) in [6.45, 7) is 0.329. The molecule has 1 aliphatic rings. The second kappa shape index (κ2) is 5.78. The van der Waals surface area contributed by atoms with Crippen molar-refractivity contribution in [2.45, 2.75) is 11.0 Å². The molecule has 1 aromatic carbocycles. The summed E-state index contributed by atoms with van der Waals surface area (Å²) in [5, 5.41) is 17.7. The summed E-state index contributed by atoms with van der Waals surface area (Å²) in [6, 6.07) is 7.69. The van der Waals surface area contributed by atoms with E-state index in [1.54, 1.807) is 0 Å². The van der Waals surface area contributed by atoms with Crippen LogP contribution in [0, 0.1) is 22.7 Å². The molecule has 0 aliphatic carbocycles. The molecule has 0 spiro atoms. The number of ether oxygens (including phenoxy) is 1. The van der Waals surface area contributed by atoms with Crippen LogP contribution in [0.2, 0.25) is 5.02 Å². The van der Waals surface area contributed by atoms with E-state index < -0.39 is 16.1 Å². The van der Waals surface area contributed by atoms with E-state index in [4.69, 9.17) is 26.9 Å². The molecule has 1 unspecified atom stereocenters. The minimum Gasteiger partial charge on any atom is -0.361 e. The van der Waals surface area contributed by atoms with Gasteiger partial charge in [-0.1, -0.05) is 11.6 Å². The normalized spacial score (nSPS) is 20.1. The molecule has 0 N–H and O–H groups in total. The summed E-state index contributed by atoms with van der Waals surface area (Å²) in [4.78, 5) is 0.0000831. The van der Waals surface area contributed by atoms with Crippen molar-refractivity contribution in [2.75, 3.05) is 19.7 Å². The first-order chi connectivity index (χ1) is 9.48. The van der Waals surface area contributed by atoms with Gasteiger partial charge in [0.25, 0.3) is 0 Å². The third-order valence-corrected chi connectivity index (χ3v) is 5.05. The number of nitrogens with zero attached hydrogens (tertiary/aromatic N) is 3. The predicted molar refractivity (Wildman–Crippen MR) is 70.3 cm³/mol. The first kappa shape index (κ1) is 14.8. The molecule has 104 valence electrons. The minimum absolute atomic E-state index is 0.0000831. The highest BCUT2D eigenvalue weighted by molar-refractivity contribution is 7.89. The monoisotopic (exact) mass is 311 g/mol. The van der Waals surface area contributed by atoms with E-state index in [0.717, 1.165) is 0 Å². The van der Waals surface area contributed by atoms with Gasteiger partial charge in [0.15, 0.2) is 6.10 Å². The van der Waals surface area contributed by atoms with Gasteiger partial charge in [0.05, 0.1) is 34.7 Å². The lowest BCUT2D eigenvalue weighted by Gasteiger charge is -2.28. The van der Waals surface area contributed by atoms with Crippen LogP contribution in [0.4, 0.5) is 0 Å². The van der Waals surface area contributed by atoms with Gasteiger partial charge in [-0.15, -0.1) is 0 Å². The third-order valence-electron chi connectivity index (χ3n) is 2.87. The average Bonchev–Trinajstić information content (AvgIpc) is 2.47. The lowest BCUT2D eigenvalue weighted by atomic mass is 10.2. The molecule has 0 amide bonds. The quantitative estimate of drug-likeness (QED) is 0.816. The standard InChI is InChI=1S/C12H10ClN3O3S/c13-12-5-11(2-1-9(12)6-14)20(17,18)16-3-4-19-10(7-15)8-16/h1-2,5,10H,3-4,8H2. The Bertz CT molecular complexity index is 706. The van der Waals surface area contributed by atoms with E-state index in [1.807, 2.05) is 12.1 Å². The fraction of sp³-hybridized carbons (Fsp3) is 0.333. The fourth-order valence-corrected chi connectivity index (χ4v) is 3.56. The maximum Gasteiger partial charge on any atom is 0.243 e. The fourth-order valence-electron chi connectivity index (χ4n) is 1.82. The van der Waals surface area contributed by atoms with Crippen molar-refractivity contribution in [2.24, 2.45) is 0 Å². The summed E-state index contributed by atoms with van der Waals surface area (Å²) >= 11 is 5.85. The van der Waals surface area contributed by atoms with Crippen LogP contribution in [0.25, 0.3) is 0 Å². The van der Waals surface area contributed by atoms with Crippen molar-refractivity contribution in [3.63, 3.8) is 0 Å². The Morgan fingerprint density at radius 1 is 1.40 bits per heavy atom. The Hall–Kier alpha value is -1.64. The number of morpholine rings is 1. The number of benzene rings is 1. The molecule has 1 atom stereocenters. The van der Waals surface area contributed by atoms with E-state index in [9.17, 15) is 8.42 Å². The molecule has 2 rings (SSSR count). The van der Waals surface area contributed by atoms with Crippen molar-refractivity contribution in [3.05, 3.63) is 28.8 Å². The van der Waals surface area contributed by atoms with Crippen molar-refractivity contribution in [1.82, 2.24) is 4.31 Å². The average molecular weight is 312 g/mol. The number of nitriles is 2. The van der Waals surface area contributed by atoms with Gasteiger partial charge in [0.2, 0.25) is 10.0 Å². The Morgan fingerprint density at radius 3 is 2.75 bits per heavy atom. The number of rotatable bonds is 2. The number of sulfonamides is 1. The van der Waals surface area contributed by atoms with Crippen LogP contribution in [0.1, 0.15) is 5.56 Å². The van der Waals surface area contributed by atoms with Gasteiger partial charge in [0.1, 0.15) is 6.07 Å². The number of hydrogen-bond acceptors (Lipinski definition) is 5. The maximum atomic E-state index is 12.4. The van der Waals surface area contributed by atoms with E-state index in [0.29, 0.717) is 0 Å². The van der Waals surface area contributed by atoms with Crippen LogP contribution in [0.5, 0.6) is 0 Å². The SMILES string of the molecule is N#Cc1ccc(S(=O)(=O)N2CCOC(C#N)C2)cc1Cl. The molecule has 1 aromatic rings. The molecule has 0 aromatic heterocycles. The zero-order chi connectivity index (χ0) is 14.8. The summed E-state index contributed by atoms with van der Waals surface area (Å²) in [5.41, 5.74) is 0.211. The molecule has 8 heteroatoms. The Kier molecular flexibility index (Phi) is 4.26. The van der Waals surface area contributed by atoms with E-state index in [1.165, 1.54) is 22.5 Å². The van der Waals surface area contributed by atoms with E-state index in [-0.39, 0.29) is 35.2 Å². The zero-order valence-electron chi connectivity index (χ0n) is 10.3. The van der Waals surface area contributed by atoms with Gasteiger partial charge in [-0.3, -0.25) is 0 Å². The molecule has 6 nitrogen and oxygen atoms in total. The van der Waals surface area contributed by atoms with E-state index >= 15 is 0 Å². The second-order valence-corrected chi connectivity index (χ2v) is 6.45. The second-order valence-electron chi connectivity index (χ2n) is 4.11. The lowest BCUT2D eigenvalue weighted by Crippen LogP contribution is -2.45. The molecular weight excluding hydrogens is 302 g/mol. The van der Waals surface area contributed by atoms with Crippen LogP contribution in [-0.4, -0.2) is 38.5 Å². The van der Waals surface area contributed by atoms with E-state index in [2.05, 4.69) is 0 Å². The Labute approximate surface area is 121 Å². The van der Waals surface area contributed by atoms with Crippen LogP contribution in [0.15, 0.2) is 23.1 Å². The molecule has 0 saturated carbocycles. The molecule has 1 saturated heterocycles. The van der Waals surface area contributed by atoms with Gasteiger partial charge in [-0.05, 0) is 18.2 Å². The third kappa shape index (κ3) is 2.77. The van der Waals surface area contributed by atoms with Gasteiger partial charge >= 0.3 is 0 Å². The van der Waals surface area contributed by atoms with Gasteiger partial charge in [-0.2, -0.15) is 14.8 Å². The smallest absolute Gasteiger partial charge is 0.243 e. The zero-order valence-corrected chi connectivity index (χ0v) is 11.9. The molecule has 1 heterocycles. The van der Waals surface area contributed by atoms with Crippen molar-refractivity contribution in [1.29, 1.82) is 10.5 Å². The molecule has 0 radical (unpaired) electrons. The van der Waals surface area contributed by atoms with Crippen LogP contribution < -0.4 is 0 Å². The molecular formula is C12H10ClN3O3S. The highest BCUT2D eigenvalue weighted by atomic mass is 35.5. The first-order valence-electron chi connectivity index (χ1n) is 5.70. The van der Waals surface area contributed by atoms with Gasteiger partial charge in [0, 0.05) is 6.54 Å².